The largest absolute Gasteiger partial charge is 0.409 e. The molecule has 104 valence electrons. The van der Waals surface area contributed by atoms with Gasteiger partial charge in [0.2, 0.25) is 0 Å². The van der Waals surface area contributed by atoms with Crippen LogP contribution in [0.1, 0.15) is 36.8 Å². The Kier molecular flexibility index (Phi) is 5.05. The summed E-state index contributed by atoms with van der Waals surface area (Å²) in [4.78, 5) is 0. The van der Waals surface area contributed by atoms with Crippen LogP contribution in [-0.4, -0.2) is 17.6 Å². The molecule has 1 aliphatic rings. The molecule has 0 aromatic heterocycles. The minimum Gasteiger partial charge on any atom is -0.409 e. The van der Waals surface area contributed by atoms with E-state index in [1.807, 2.05) is 12.1 Å². The van der Waals surface area contributed by atoms with E-state index in [1.54, 1.807) is 6.07 Å². The minimum atomic E-state index is 0.0754. The first-order valence-electron chi connectivity index (χ1n) is 6.67. The number of hydrogen-bond donors (Lipinski definition) is 3. The van der Waals surface area contributed by atoms with E-state index in [1.165, 1.54) is 25.7 Å². The van der Waals surface area contributed by atoms with Crippen molar-refractivity contribution in [1.82, 2.24) is 5.32 Å². The standard InChI is InChI=1S/C14H20ClN3O/c15-13-8-11(14(16)18-19)4-5-12(13)9-17-7-6-10-2-1-3-10/h4-5,8,10,17,19H,1-3,6-7,9H2,(H2,16,18). The first-order chi connectivity index (χ1) is 9.20. The van der Waals surface area contributed by atoms with Crippen molar-refractivity contribution in [3.63, 3.8) is 0 Å². The van der Waals surface area contributed by atoms with E-state index < -0.39 is 0 Å². The monoisotopic (exact) mass is 281 g/mol. The summed E-state index contributed by atoms with van der Waals surface area (Å²) in [6.07, 6.45) is 5.42. The molecule has 4 nitrogen and oxygen atoms in total. The number of nitrogens with zero attached hydrogens (tertiary/aromatic N) is 1. The van der Waals surface area contributed by atoms with Gasteiger partial charge in [0.25, 0.3) is 0 Å². The fourth-order valence-electron chi connectivity index (χ4n) is 2.22. The van der Waals surface area contributed by atoms with Crippen LogP contribution in [0, 0.1) is 5.92 Å². The third kappa shape index (κ3) is 3.85. The molecule has 0 heterocycles. The highest BCUT2D eigenvalue weighted by Crippen LogP contribution is 2.28. The van der Waals surface area contributed by atoms with Gasteiger partial charge in [-0.05, 0) is 30.5 Å². The minimum absolute atomic E-state index is 0.0754. The van der Waals surface area contributed by atoms with E-state index in [-0.39, 0.29) is 5.84 Å². The molecule has 1 aliphatic carbocycles. The first kappa shape index (κ1) is 14.2. The number of benzene rings is 1. The quantitative estimate of drug-likeness (QED) is 0.247. The summed E-state index contributed by atoms with van der Waals surface area (Å²) in [5.41, 5.74) is 7.18. The van der Waals surface area contributed by atoms with Crippen molar-refractivity contribution in [3.05, 3.63) is 34.3 Å². The third-order valence-corrected chi connectivity index (χ3v) is 4.08. The van der Waals surface area contributed by atoms with Gasteiger partial charge in [0.1, 0.15) is 0 Å². The van der Waals surface area contributed by atoms with Crippen molar-refractivity contribution in [2.24, 2.45) is 16.8 Å². The van der Waals surface area contributed by atoms with Crippen molar-refractivity contribution < 1.29 is 5.21 Å². The molecule has 0 amide bonds. The average molecular weight is 282 g/mol. The Hall–Kier alpha value is -1.26. The van der Waals surface area contributed by atoms with Crippen molar-refractivity contribution in [2.45, 2.75) is 32.2 Å². The predicted octanol–water partition coefficient (Wildman–Crippen LogP) is 2.71. The molecule has 1 aromatic carbocycles. The lowest BCUT2D eigenvalue weighted by Crippen LogP contribution is -2.21. The molecule has 0 atom stereocenters. The van der Waals surface area contributed by atoms with Crippen LogP contribution < -0.4 is 11.1 Å². The zero-order chi connectivity index (χ0) is 13.7. The highest BCUT2D eigenvalue weighted by Gasteiger charge is 2.16. The Labute approximate surface area is 118 Å². The molecule has 0 saturated heterocycles. The highest BCUT2D eigenvalue weighted by molar-refractivity contribution is 6.31. The Balaban J connectivity index is 1.82. The van der Waals surface area contributed by atoms with Gasteiger partial charge >= 0.3 is 0 Å². The molecule has 0 spiro atoms. The number of halogens is 1. The molecule has 2 rings (SSSR count). The molecule has 0 bridgehead atoms. The molecule has 1 fully saturated rings. The van der Waals surface area contributed by atoms with Crippen molar-refractivity contribution in [1.29, 1.82) is 0 Å². The third-order valence-electron chi connectivity index (χ3n) is 3.73. The van der Waals surface area contributed by atoms with Crippen LogP contribution in [0.5, 0.6) is 0 Å². The average Bonchev–Trinajstić information content (AvgIpc) is 2.37. The second-order valence-electron chi connectivity index (χ2n) is 5.05. The van der Waals surface area contributed by atoms with Crippen LogP contribution in [-0.2, 0) is 6.54 Å². The zero-order valence-corrected chi connectivity index (χ0v) is 11.7. The molecule has 0 unspecified atom stereocenters. The van der Waals surface area contributed by atoms with Crippen molar-refractivity contribution in [2.75, 3.05) is 6.54 Å². The van der Waals surface area contributed by atoms with Crippen LogP contribution in [0.3, 0.4) is 0 Å². The molecular weight excluding hydrogens is 262 g/mol. The molecule has 0 aliphatic heterocycles. The molecule has 1 saturated carbocycles. The first-order valence-corrected chi connectivity index (χ1v) is 7.05. The summed E-state index contributed by atoms with van der Waals surface area (Å²) in [7, 11) is 0. The number of nitrogens with one attached hydrogen (secondary N) is 1. The van der Waals surface area contributed by atoms with Crippen molar-refractivity contribution in [3.8, 4) is 0 Å². The van der Waals surface area contributed by atoms with Crippen LogP contribution in [0.15, 0.2) is 23.4 Å². The number of oxime groups is 1. The number of rotatable bonds is 6. The van der Waals surface area contributed by atoms with E-state index in [9.17, 15) is 0 Å². The maximum Gasteiger partial charge on any atom is 0.170 e. The van der Waals surface area contributed by atoms with Gasteiger partial charge < -0.3 is 16.3 Å². The van der Waals surface area contributed by atoms with Gasteiger partial charge in [0.05, 0.1) is 0 Å². The maximum absolute atomic E-state index is 8.61. The lowest BCUT2D eigenvalue weighted by Gasteiger charge is -2.25. The lowest BCUT2D eigenvalue weighted by molar-refractivity contribution is 0.292. The molecule has 0 radical (unpaired) electrons. The summed E-state index contributed by atoms with van der Waals surface area (Å²) in [5, 5.41) is 15.6. The summed E-state index contributed by atoms with van der Waals surface area (Å²) >= 11 is 6.18. The van der Waals surface area contributed by atoms with Gasteiger partial charge in [-0.3, -0.25) is 0 Å². The number of hydrogen-bond acceptors (Lipinski definition) is 3. The van der Waals surface area contributed by atoms with Gasteiger partial charge in [0.15, 0.2) is 5.84 Å². The SMILES string of the molecule is N/C(=N/O)c1ccc(CNCCC2CCC2)c(Cl)c1. The van der Waals surface area contributed by atoms with E-state index >= 15 is 0 Å². The molecule has 4 N–H and O–H groups in total. The topological polar surface area (TPSA) is 70.6 Å². The lowest BCUT2D eigenvalue weighted by atomic mass is 9.83. The summed E-state index contributed by atoms with van der Waals surface area (Å²) in [6.45, 7) is 1.78. The zero-order valence-electron chi connectivity index (χ0n) is 10.9. The van der Waals surface area contributed by atoms with Crippen LogP contribution in [0.2, 0.25) is 5.02 Å². The van der Waals surface area contributed by atoms with Gasteiger partial charge in [-0.15, -0.1) is 0 Å². The van der Waals surface area contributed by atoms with E-state index in [0.29, 0.717) is 10.6 Å². The van der Waals surface area contributed by atoms with Crippen LogP contribution in [0.4, 0.5) is 0 Å². The number of amidine groups is 1. The Morgan fingerprint density at radius 1 is 1.47 bits per heavy atom. The van der Waals surface area contributed by atoms with Gasteiger partial charge in [-0.25, -0.2) is 0 Å². The second kappa shape index (κ2) is 6.78. The Bertz CT molecular complexity index is 458. The van der Waals surface area contributed by atoms with E-state index in [0.717, 1.165) is 24.6 Å². The fourth-order valence-corrected chi connectivity index (χ4v) is 2.47. The van der Waals surface area contributed by atoms with Gasteiger partial charge in [-0.2, -0.15) is 0 Å². The van der Waals surface area contributed by atoms with Gasteiger partial charge in [0, 0.05) is 17.1 Å². The summed E-state index contributed by atoms with van der Waals surface area (Å²) < 4.78 is 0. The molecule has 5 heteroatoms. The molecular formula is C14H20ClN3O. The fraction of sp³-hybridized carbons (Fsp3) is 0.500. The Morgan fingerprint density at radius 3 is 2.84 bits per heavy atom. The Morgan fingerprint density at radius 2 is 2.26 bits per heavy atom. The molecule has 1 aromatic rings. The van der Waals surface area contributed by atoms with E-state index in [2.05, 4.69) is 10.5 Å². The highest BCUT2D eigenvalue weighted by atomic mass is 35.5. The number of nitrogens with two attached hydrogens (primary N) is 1. The van der Waals surface area contributed by atoms with Crippen LogP contribution in [0.25, 0.3) is 0 Å². The van der Waals surface area contributed by atoms with Crippen molar-refractivity contribution >= 4 is 17.4 Å². The smallest absolute Gasteiger partial charge is 0.170 e. The molecule has 19 heavy (non-hydrogen) atoms. The second-order valence-corrected chi connectivity index (χ2v) is 5.46. The van der Waals surface area contributed by atoms with Gasteiger partial charge in [-0.1, -0.05) is 48.2 Å². The predicted molar refractivity (Wildman–Crippen MR) is 77.6 cm³/mol. The summed E-state index contributed by atoms with van der Waals surface area (Å²) in [5.74, 6) is 0.998. The summed E-state index contributed by atoms with van der Waals surface area (Å²) in [6, 6.07) is 5.44. The normalized spacial score (nSPS) is 16.4. The van der Waals surface area contributed by atoms with E-state index in [4.69, 9.17) is 22.5 Å². The maximum atomic E-state index is 8.61. The van der Waals surface area contributed by atoms with Crippen LogP contribution >= 0.6 is 11.6 Å².